The van der Waals surface area contributed by atoms with Crippen molar-refractivity contribution in [3.63, 3.8) is 0 Å². The molecule has 0 aliphatic carbocycles. The monoisotopic (exact) mass is 426 g/mol. The Morgan fingerprint density at radius 2 is 1.70 bits per heavy atom. The van der Waals surface area contributed by atoms with E-state index in [4.69, 9.17) is 15.2 Å². The lowest BCUT2D eigenvalue weighted by molar-refractivity contribution is -0.111. The van der Waals surface area contributed by atoms with Crippen LogP contribution >= 0.6 is 11.3 Å². The summed E-state index contributed by atoms with van der Waals surface area (Å²) in [5.41, 5.74) is 6.62. The van der Waals surface area contributed by atoms with E-state index < -0.39 is 11.8 Å². The summed E-state index contributed by atoms with van der Waals surface area (Å²) in [6, 6.07) is 12.8. The van der Waals surface area contributed by atoms with Crippen LogP contribution in [0.3, 0.4) is 0 Å². The highest BCUT2D eigenvalue weighted by molar-refractivity contribution is 7.16. The quantitative estimate of drug-likeness (QED) is 0.551. The summed E-state index contributed by atoms with van der Waals surface area (Å²) in [5.74, 6) is -0.771. The summed E-state index contributed by atoms with van der Waals surface area (Å²) in [6.07, 6.45) is 3.00. The molecular formula is C22H19FN2O4S. The number of carbonyl (C=O) groups excluding carboxylic acids is 2. The Bertz CT molecular complexity index is 1110. The number of anilines is 1. The van der Waals surface area contributed by atoms with E-state index in [1.165, 1.54) is 55.9 Å². The molecule has 6 nitrogen and oxygen atoms in total. The zero-order valence-corrected chi connectivity index (χ0v) is 17.1. The van der Waals surface area contributed by atoms with Crippen molar-refractivity contribution in [1.82, 2.24) is 0 Å². The number of halogens is 1. The second-order valence-electron chi connectivity index (χ2n) is 6.15. The number of nitrogens with two attached hydrogens (primary N) is 1. The van der Waals surface area contributed by atoms with Gasteiger partial charge >= 0.3 is 0 Å². The van der Waals surface area contributed by atoms with Crippen LogP contribution in [0, 0.1) is 5.82 Å². The van der Waals surface area contributed by atoms with Crippen molar-refractivity contribution in [2.45, 2.75) is 0 Å². The highest BCUT2D eigenvalue weighted by atomic mass is 32.1. The molecule has 0 fully saturated rings. The molecule has 2 aromatic carbocycles. The third-order valence-corrected chi connectivity index (χ3v) is 5.30. The number of nitrogens with one attached hydrogen (secondary N) is 1. The zero-order chi connectivity index (χ0) is 21.7. The number of benzene rings is 2. The number of carbonyl (C=O) groups is 2. The number of methoxy groups -OCH3 is 2. The van der Waals surface area contributed by atoms with Crippen molar-refractivity contribution in [3.05, 3.63) is 70.9 Å². The molecule has 154 valence electrons. The van der Waals surface area contributed by atoms with Gasteiger partial charge in [0.2, 0.25) is 5.91 Å². The van der Waals surface area contributed by atoms with Gasteiger partial charge in [-0.2, -0.15) is 0 Å². The molecule has 0 spiro atoms. The fourth-order valence-electron chi connectivity index (χ4n) is 2.73. The zero-order valence-electron chi connectivity index (χ0n) is 16.3. The summed E-state index contributed by atoms with van der Waals surface area (Å²) >= 11 is 1.46. The third-order valence-electron chi connectivity index (χ3n) is 4.20. The van der Waals surface area contributed by atoms with E-state index >= 15 is 0 Å². The topological polar surface area (TPSA) is 90.6 Å². The van der Waals surface area contributed by atoms with Crippen LogP contribution in [-0.4, -0.2) is 26.0 Å². The van der Waals surface area contributed by atoms with Crippen LogP contribution in [0.2, 0.25) is 0 Å². The molecule has 0 bridgehead atoms. The highest BCUT2D eigenvalue weighted by Crippen LogP contribution is 2.33. The molecule has 8 heteroatoms. The van der Waals surface area contributed by atoms with E-state index in [-0.39, 0.29) is 17.1 Å². The van der Waals surface area contributed by atoms with Gasteiger partial charge < -0.3 is 20.5 Å². The molecule has 1 aromatic heterocycles. The minimum atomic E-state index is -0.711. The molecular weight excluding hydrogens is 407 g/mol. The molecule has 1 heterocycles. The first kappa shape index (κ1) is 21.1. The molecule has 3 aromatic rings. The molecule has 30 heavy (non-hydrogen) atoms. The highest BCUT2D eigenvalue weighted by Gasteiger charge is 2.16. The summed E-state index contributed by atoms with van der Waals surface area (Å²) in [5, 5.41) is 2.63. The average Bonchev–Trinajstić information content (AvgIpc) is 3.21. The van der Waals surface area contributed by atoms with Gasteiger partial charge in [-0.15, -0.1) is 11.3 Å². The number of ether oxygens (including phenoxy) is 2. The molecule has 0 atom stereocenters. The predicted molar refractivity (Wildman–Crippen MR) is 115 cm³/mol. The van der Waals surface area contributed by atoms with Crippen LogP contribution in [0.5, 0.6) is 11.5 Å². The molecule has 0 radical (unpaired) electrons. The van der Waals surface area contributed by atoms with Crippen LogP contribution < -0.4 is 20.5 Å². The first-order valence-electron chi connectivity index (χ1n) is 8.82. The van der Waals surface area contributed by atoms with Crippen molar-refractivity contribution in [2.24, 2.45) is 5.73 Å². The van der Waals surface area contributed by atoms with Gasteiger partial charge in [-0.05, 0) is 42.0 Å². The van der Waals surface area contributed by atoms with Gasteiger partial charge in [-0.1, -0.05) is 12.1 Å². The molecule has 0 saturated heterocycles. The number of hydrogen-bond donors (Lipinski definition) is 2. The normalized spacial score (nSPS) is 10.8. The maximum absolute atomic E-state index is 13.1. The first-order chi connectivity index (χ1) is 14.4. The predicted octanol–water partition coefficient (Wildman–Crippen LogP) is 4.32. The molecule has 0 aliphatic rings. The molecule has 3 N–H and O–H groups in total. The maximum atomic E-state index is 13.1. The molecule has 2 amide bonds. The summed E-state index contributed by atoms with van der Waals surface area (Å²) < 4.78 is 23.4. The van der Waals surface area contributed by atoms with E-state index in [2.05, 4.69) is 5.32 Å². The van der Waals surface area contributed by atoms with Crippen molar-refractivity contribution in [1.29, 1.82) is 0 Å². The Morgan fingerprint density at radius 1 is 1.03 bits per heavy atom. The average molecular weight is 426 g/mol. The second kappa shape index (κ2) is 9.23. The van der Waals surface area contributed by atoms with Crippen LogP contribution in [0.25, 0.3) is 16.5 Å². The molecule has 0 saturated carbocycles. The van der Waals surface area contributed by atoms with Crippen molar-refractivity contribution < 1.29 is 23.5 Å². The van der Waals surface area contributed by atoms with Gasteiger partial charge in [0.1, 0.15) is 5.82 Å². The third kappa shape index (κ3) is 4.84. The molecule has 0 unspecified atom stereocenters. The van der Waals surface area contributed by atoms with E-state index in [0.29, 0.717) is 11.5 Å². The van der Waals surface area contributed by atoms with Gasteiger partial charge in [0.05, 0.1) is 25.5 Å². The lowest BCUT2D eigenvalue weighted by Gasteiger charge is -2.13. The lowest BCUT2D eigenvalue weighted by Crippen LogP contribution is -2.17. The number of thiophene rings is 1. The fraction of sp³-hybridized carbons (Fsp3) is 0.0909. The van der Waals surface area contributed by atoms with Crippen molar-refractivity contribution in [2.75, 3.05) is 19.5 Å². The Balaban J connectivity index is 1.76. The van der Waals surface area contributed by atoms with Crippen LogP contribution in [-0.2, 0) is 4.79 Å². The smallest absolute Gasteiger partial charge is 0.250 e. The van der Waals surface area contributed by atoms with E-state index in [9.17, 15) is 14.0 Å². The fourth-order valence-corrected chi connectivity index (χ4v) is 3.65. The van der Waals surface area contributed by atoms with Gasteiger partial charge in [0, 0.05) is 21.9 Å². The standard InChI is InChI=1S/C22H19FN2O4S/c1-28-18-11-16(22(24)27)17(12-19(18)29-2)25-21(26)10-8-15-7-9-20(30-15)13-3-5-14(23)6-4-13/h3-12H,1-2H3,(H2,24,27)(H,25,26). The maximum Gasteiger partial charge on any atom is 0.250 e. The van der Waals surface area contributed by atoms with E-state index in [1.54, 1.807) is 18.2 Å². The van der Waals surface area contributed by atoms with E-state index in [0.717, 1.165) is 15.3 Å². The Labute approximate surface area is 176 Å². The Morgan fingerprint density at radius 3 is 2.33 bits per heavy atom. The summed E-state index contributed by atoms with van der Waals surface area (Å²) in [7, 11) is 2.88. The number of hydrogen-bond acceptors (Lipinski definition) is 5. The van der Waals surface area contributed by atoms with Crippen molar-refractivity contribution in [3.8, 4) is 21.9 Å². The summed E-state index contributed by atoms with van der Waals surface area (Å²) in [4.78, 5) is 25.9. The molecule has 0 aliphatic heterocycles. The van der Waals surface area contributed by atoms with Crippen LogP contribution in [0.1, 0.15) is 15.2 Å². The van der Waals surface area contributed by atoms with E-state index in [1.807, 2.05) is 12.1 Å². The van der Waals surface area contributed by atoms with Crippen molar-refractivity contribution >= 4 is 34.9 Å². The van der Waals surface area contributed by atoms with Crippen LogP contribution in [0.4, 0.5) is 10.1 Å². The van der Waals surface area contributed by atoms with Gasteiger partial charge in [0.25, 0.3) is 5.91 Å². The minimum absolute atomic E-state index is 0.101. The number of amides is 2. The van der Waals surface area contributed by atoms with Gasteiger partial charge in [0.15, 0.2) is 11.5 Å². The minimum Gasteiger partial charge on any atom is -0.493 e. The molecule has 3 rings (SSSR count). The SMILES string of the molecule is COc1cc(NC(=O)C=Cc2ccc(-c3ccc(F)cc3)s2)c(C(N)=O)cc1OC. The van der Waals surface area contributed by atoms with Gasteiger partial charge in [-0.25, -0.2) is 4.39 Å². The lowest BCUT2D eigenvalue weighted by atomic mass is 10.1. The van der Waals surface area contributed by atoms with Crippen LogP contribution in [0.15, 0.2) is 54.6 Å². The Hall–Kier alpha value is -3.65. The van der Waals surface area contributed by atoms with Gasteiger partial charge in [-0.3, -0.25) is 9.59 Å². The Kier molecular flexibility index (Phi) is 6.48. The second-order valence-corrected chi connectivity index (χ2v) is 7.26. The summed E-state index contributed by atoms with van der Waals surface area (Å²) in [6.45, 7) is 0. The number of rotatable bonds is 7. The number of primary amides is 1. The first-order valence-corrected chi connectivity index (χ1v) is 9.63. The largest absolute Gasteiger partial charge is 0.493 e.